The number of carbonyl (C=O) groups excluding carboxylic acids is 1. The molecular weight excluding hydrogens is 126 g/mol. The number of hydrogen-bond donors (Lipinski definition) is 1. The third-order valence-corrected chi connectivity index (χ3v) is 0.728. The first-order valence-corrected chi connectivity index (χ1v) is 2.47. The molecule has 0 saturated carbocycles. The molecule has 8 heavy (non-hydrogen) atoms. The molecule has 0 unspecified atom stereocenters. The number of thiocarbonyl (C=S) groups is 1. The Morgan fingerprint density at radius 2 is 2.25 bits per heavy atom. The Balaban J connectivity index is 3.40. The van der Waals surface area contributed by atoms with Gasteiger partial charge >= 0.3 is 5.97 Å². The molecule has 1 N–H and O–H groups in total. The maximum Gasteiger partial charge on any atom is 0.309 e. The second-order valence-electron chi connectivity index (χ2n) is 1.13. The molecule has 0 amide bonds. The van der Waals surface area contributed by atoms with E-state index in [0.29, 0.717) is 0 Å². The number of ether oxygens (including phenoxy) is 1. The molecule has 0 spiro atoms. The SMILES string of the molecule is CNC(=S)OC(C)=O. The maximum absolute atomic E-state index is 10.1. The van der Waals surface area contributed by atoms with E-state index in [2.05, 4.69) is 22.3 Å². The second-order valence-corrected chi connectivity index (χ2v) is 1.50. The van der Waals surface area contributed by atoms with Crippen LogP contribution in [0.3, 0.4) is 0 Å². The Labute approximate surface area is 53.0 Å². The largest absolute Gasteiger partial charge is 0.399 e. The van der Waals surface area contributed by atoms with E-state index >= 15 is 0 Å². The van der Waals surface area contributed by atoms with Gasteiger partial charge in [-0.25, -0.2) is 0 Å². The monoisotopic (exact) mass is 133 g/mol. The molecule has 0 bridgehead atoms. The summed E-state index contributed by atoms with van der Waals surface area (Å²) in [5, 5.41) is 2.59. The average Bonchev–Trinajstić information content (AvgIpc) is 1.65. The fourth-order valence-corrected chi connectivity index (χ4v) is 0.299. The van der Waals surface area contributed by atoms with E-state index in [1.54, 1.807) is 7.05 Å². The molecule has 0 aromatic heterocycles. The summed E-state index contributed by atoms with van der Waals surface area (Å²) in [5.41, 5.74) is 0. The van der Waals surface area contributed by atoms with Crippen LogP contribution in [0, 0.1) is 0 Å². The van der Waals surface area contributed by atoms with Gasteiger partial charge in [0.05, 0.1) is 0 Å². The van der Waals surface area contributed by atoms with Crippen molar-refractivity contribution in [2.24, 2.45) is 0 Å². The number of hydrogen-bond acceptors (Lipinski definition) is 3. The zero-order chi connectivity index (χ0) is 6.57. The summed E-state index contributed by atoms with van der Waals surface area (Å²) < 4.78 is 4.38. The average molecular weight is 133 g/mol. The normalized spacial score (nSPS) is 7.75. The molecule has 3 nitrogen and oxygen atoms in total. The Morgan fingerprint density at radius 3 is 2.38 bits per heavy atom. The Bertz CT molecular complexity index is 113. The van der Waals surface area contributed by atoms with E-state index < -0.39 is 5.97 Å². The molecule has 0 aliphatic carbocycles. The van der Waals surface area contributed by atoms with E-state index in [0.717, 1.165) is 0 Å². The van der Waals surface area contributed by atoms with Crippen molar-refractivity contribution in [2.75, 3.05) is 7.05 Å². The van der Waals surface area contributed by atoms with Crippen LogP contribution in [0.25, 0.3) is 0 Å². The van der Waals surface area contributed by atoms with Crippen LogP contribution in [0.4, 0.5) is 0 Å². The summed E-state index contributed by atoms with van der Waals surface area (Å²) >= 11 is 4.48. The van der Waals surface area contributed by atoms with Crippen LogP contribution >= 0.6 is 12.2 Å². The minimum atomic E-state index is -0.399. The molecular formula is C4H7NO2S. The summed E-state index contributed by atoms with van der Waals surface area (Å²) in [6, 6.07) is 0. The number of nitrogens with one attached hydrogen (secondary N) is 1. The lowest BCUT2D eigenvalue weighted by atomic mass is 10.8. The van der Waals surface area contributed by atoms with Crippen LogP contribution in [0.5, 0.6) is 0 Å². The van der Waals surface area contributed by atoms with Gasteiger partial charge in [-0.2, -0.15) is 0 Å². The van der Waals surface area contributed by atoms with Gasteiger partial charge in [-0.15, -0.1) is 0 Å². The lowest BCUT2D eigenvalue weighted by Gasteiger charge is -1.98. The van der Waals surface area contributed by atoms with Crippen LogP contribution in [0.1, 0.15) is 6.92 Å². The predicted molar refractivity (Wildman–Crippen MR) is 33.4 cm³/mol. The highest BCUT2D eigenvalue weighted by Crippen LogP contribution is 1.75. The number of carbonyl (C=O) groups is 1. The number of rotatable bonds is 0. The first kappa shape index (κ1) is 7.36. The molecule has 0 heterocycles. The van der Waals surface area contributed by atoms with Crippen LogP contribution in [0.2, 0.25) is 0 Å². The third-order valence-electron chi connectivity index (χ3n) is 0.441. The Hall–Kier alpha value is -0.640. The van der Waals surface area contributed by atoms with Crippen molar-refractivity contribution in [3.8, 4) is 0 Å². The predicted octanol–water partition coefficient (Wildman–Crippen LogP) is 0.0538. The van der Waals surface area contributed by atoms with Crippen molar-refractivity contribution in [2.45, 2.75) is 6.92 Å². The first-order chi connectivity index (χ1) is 3.66. The molecule has 4 heteroatoms. The molecule has 0 atom stereocenters. The van der Waals surface area contributed by atoms with Crippen molar-refractivity contribution in [1.82, 2.24) is 5.32 Å². The van der Waals surface area contributed by atoms with E-state index in [-0.39, 0.29) is 5.17 Å². The highest BCUT2D eigenvalue weighted by molar-refractivity contribution is 7.80. The molecule has 0 saturated heterocycles. The molecule has 0 radical (unpaired) electrons. The van der Waals surface area contributed by atoms with Gasteiger partial charge in [0.1, 0.15) is 0 Å². The zero-order valence-electron chi connectivity index (χ0n) is 4.72. The molecule has 46 valence electrons. The van der Waals surface area contributed by atoms with Gasteiger partial charge in [-0.1, -0.05) is 0 Å². The fourth-order valence-electron chi connectivity index (χ4n) is 0.182. The smallest absolute Gasteiger partial charge is 0.309 e. The summed E-state index contributed by atoms with van der Waals surface area (Å²) in [6.45, 7) is 1.30. The summed E-state index contributed by atoms with van der Waals surface area (Å²) in [4.78, 5) is 10.1. The molecule has 0 aliphatic rings. The minimum absolute atomic E-state index is 0.109. The summed E-state index contributed by atoms with van der Waals surface area (Å²) in [5.74, 6) is -0.399. The van der Waals surface area contributed by atoms with Crippen LogP contribution in [-0.2, 0) is 9.53 Å². The van der Waals surface area contributed by atoms with Gasteiger partial charge in [0, 0.05) is 14.0 Å². The first-order valence-electron chi connectivity index (χ1n) is 2.07. The minimum Gasteiger partial charge on any atom is -0.399 e. The molecule has 0 fully saturated rings. The topological polar surface area (TPSA) is 38.3 Å². The fraction of sp³-hybridized carbons (Fsp3) is 0.500. The highest BCUT2D eigenvalue weighted by atomic mass is 32.1. The third kappa shape index (κ3) is 3.55. The zero-order valence-corrected chi connectivity index (χ0v) is 5.54. The van der Waals surface area contributed by atoms with Crippen molar-refractivity contribution < 1.29 is 9.53 Å². The van der Waals surface area contributed by atoms with Crippen molar-refractivity contribution in [3.05, 3.63) is 0 Å². The summed E-state index contributed by atoms with van der Waals surface area (Å²) in [6.07, 6.45) is 0. The quantitative estimate of drug-likeness (QED) is 0.374. The van der Waals surface area contributed by atoms with Crippen molar-refractivity contribution in [3.63, 3.8) is 0 Å². The standard InChI is InChI=1S/C4H7NO2S/c1-3(6)7-4(8)5-2/h1-2H3,(H,5,8). The lowest BCUT2D eigenvalue weighted by Crippen LogP contribution is -2.20. The van der Waals surface area contributed by atoms with Gasteiger partial charge in [0.2, 0.25) is 0 Å². The molecule has 0 aliphatic heterocycles. The van der Waals surface area contributed by atoms with Gasteiger partial charge in [-0.05, 0) is 12.2 Å². The van der Waals surface area contributed by atoms with Gasteiger partial charge in [0.25, 0.3) is 5.17 Å². The number of esters is 1. The highest BCUT2D eigenvalue weighted by Gasteiger charge is 1.94. The maximum atomic E-state index is 10.1. The van der Waals surface area contributed by atoms with Gasteiger partial charge in [-0.3, -0.25) is 4.79 Å². The van der Waals surface area contributed by atoms with Gasteiger partial charge < -0.3 is 10.1 Å². The molecule has 0 aromatic carbocycles. The van der Waals surface area contributed by atoms with E-state index in [1.807, 2.05) is 0 Å². The Morgan fingerprint density at radius 1 is 1.75 bits per heavy atom. The summed E-state index contributed by atoms with van der Waals surface area (Å²) in [7, 11) is 1.59. The second kappa shape index (κ2) is 3.37. The van der Waals surface area contributed by atoms with E-state index in [1.165, 1.54) is 6.92 Å². The van der Waals surface area contributed by atoms with Crippen LogP contribution in [0.15, 0.2) is 0 Å². The van der Waals surface area contributed by atoms with Gasteiger partial charge in [0.15, 0.2) is 0 Å². The van der Waals surface area contributed by atoms with Crippen LogP contribution in [-0.4, -0.2) is 18.2 Å². The van der Waals surface area contributed by atoms with E-state index in [4.69, 9.17) is 0 Å². The van der Waals surface area contributed by atoms with Crippen molar-refractivity contribution in [1.29, 1.82) is 0 Å². The molecule has 0 aromatic rings. The molecule has 0 rings (SSSR count). The lowest BCUT2D eigenvalue weighted by molar-refractivity contribution is -0.133. The van der Waals surface area contributed by atoms with Crippen LogP contribution < -0.4 is 5.32 Å². The Kier molecular flexibility index (Phi) is 3.10. The van der Waals surface area contributed by atoms with Crippen molar-refractivity contribution >= 4 is 23.4 Å². The van der Waals surface area contributed by atoms with E-state index in [9.17, 15) is 4.79 Å².